The van der Waals surface area contributed by atoms with E-state index in [0.717, 1.165) is 6.07 Å². The van der Waals surface area contributed by atoms with Crippen LogP contribution in [-0.2, 0) is 6.61 Å². The predicted octanol–water partition coefficient (Wildman–Crippen LogP) is 3.01. The Balaban J connectivity index is 2.12. The zero-order valence-electron chi connectivity index (χ0n) is 15.4. The number of aryl methyl sites for hydroxylation is 1. The first-order valence-corrected chi connectivity index (χ1v) is 9.27. The Bertz CT molecular complexity index is 907. The molecule has 0 aliphatic heterocycles. The lowest BCUT2D eigenvalue weighted by atomic mass is 10.1. The molecule has 1 aromatic carbocycles. The first-order valence-electron chi connectivity index (χ1n) is 8.49. The van der Waals surface area contributed by atoms with Crippen molar-refractivity contribution in [3.63, 3.8) is 0 Å². The number of nitrogens with zero attached hydrogens (tertiary/aromatic N) is 1. The second-order valence-corrected chi connectivity index (χ2v) is 6.72. The fourth-order valence-corrected chi connectivity index (χ4v) is 3.01. The number of benzene rings is 1. The van der Waals surface area contributed by atoms with Gasteiger partial charge in [0, 0.05) is 6.54 Å². The average Bonchev–Trinajstić information content (AvgIpc) is 3.06. The van der Waals surface area contributed by atoms with Crippen LogP contribution in [0.2, 0.25) is 0 Å². The summed E-state index contributed by atoms with van der Waals surface area (Å²) < 4.78 is 50.3. The summed E-state index contributed by atoms with van der Waals surface area (Å²) in [7, 11) is 0. The van der Waals surface area contributed by atoms with Crippen molar-refractivity contribution in [2.75, 3.05) is 18.4 Å². The molecule has 0 aliphatic carbocycles. The van der Waals surface area contributed by atoms with Gasteiger partial charge in [0.05, 0.1) is 5.56 Å². The number of aromatic carboxylic acids is 1. The summed E-state index contributed by atoms with van der Waals surface area (Å²) in [5.41, 5.74) is 3.94. The molecular weight excluding hydrogens is 413 g/mol. The van der Waals surface area contributed by atoms with Gasteiger partial charge in [0.2, 0.25) is 5.88 Å². The molecule has 8 nitrogen and oxygen atoms in total. The van der Waals surface area contributed by atoms with E-state index in [-0.39, 0.29) is 10.6 Å². The highest BCUT2D eigenvalue weighted by Crippen LogP contribution is 2.31. The minimum atomic E-state index is -1.47. The van der Waals surface area contributed by atoms with Gasteiger partial charge in [0.1, 0.15) is 17.4 Å². The number of urea groups is 1. The average molecular weight is 432 g/mol. The molecule has 0 bridgehead atoms. The molecule has 0 spiro atoms. The first-order chi connectivity index (χ1) is 13.8. The number of halogens is 3. The number of ether oxygens (including phenoxy) is 1. The molecule has 12 heteroatoms. The Morgan fingerprint density at radius 2 is 2.00 bits per heavy atom. The number of aromatic nitrogens is 1. The zero-order chi connectivity index (χ0) is 21.6. The van der Waals surface area contributed by atoms with E-state index in [9.17, 15) is 27.9 Å². The molecule has 158 valence electrons. The highest BCUT2D eigenvalue weighted by Gasteiger charge is 2.25. The van der Waals surface area contributed by atoms with Crippen molar-refractivity contribution in [1.29, 1.82) is 0 Å². The van der Waals surface area contributed by atoms with Crippen LogP contribution in [-0.4, -0.2) is 34.6 Å². The molecule has 1 aromatic heterocycles. The highest BCUT2D eigenvalue weighted by molar-refractivity contribution is 7.11. The zero-order valence-corrected chi connectivity index (χ0v) is 16.2. The molecule has 0 radical (unpaired) electrons. The van der Waals surface area contributed by atoms with E-state index in [1.807, 2.05) is 0 Å². The van der Waals surface area contributed by atoms with Crippen molar-refractivity contribution < 1.29 is 32.6 Å². The van der Waals surface area contributed by atoms with Crippen LogP contribution >= 0.6 is 11.5 Å². The summed E-state index contributed by atoms with van der Waals surface area (Å²) >= 11 is 0.616. The topological polar surface area (TPSA) is 127 Å². The SMILES string of the molecule is Cc1cc(F)c(COc2nsc(NC(=O)NCCCCN)c2C(=O)O)c(F)c1F. The third-order valence-electron chi connectivity index (χ3n) is 3.81. The lowest BCUT2D eigenvalue weighted by Crippen LogP contribution is -2.30. The molecule has 2 aromatic rings. The maximum absolute atomic E-state index is 13.9. The van der Waals surface area contributed by atoms with Gasteiger partial charge in [-0.3, -0.25) is 5.32 Å². The third-order valence-corrected chi connectivity index (χ3v) is 4.55. The number of nitrogens with one attached hydrogen (secondary N) is 2. The van der Waals surface area contributed by atoms with Crippen LogP contribution in [0.25, 0.3) is 0 Å². The van der Waals surface area contributed by atoms with E-state index in [1.54, 1.807) is 0 Å². The lowest BCUT2D eigenvalue weighted by Gasteiger charge is -2.09. The number of nitrogens with two attached hydrogens (primary N) is 1. The number of hydrogen-bond acceptors (Lipinski definition) is 6. The van der Waals surface area contributed by atoms with Crippen molar-refractivity contribution in [3.8, 4) is 5.88 Å². The van der Waals surface area contributed by atoms with Gasteiger partial charge in [-0.25, -0.2) is 22.8 Å². The number of carboxylic acid groups (broad SMARTS) is 1. The largest absolute Gasteiger partial charge is 0.477 e. The normalized spacial score (nSPS) is 10.7. The summed E-state index contributed by atoms with van der Waals surface area (Å²) in [5, 5.41) is 14.1. The summed E-state index contributed by atoms with van der Waals surface area (Å²) in [6, 6.07) is 0.149. The van der Waals surface area contributed by atoms with E-state index in [0.29, 0.717) is 37.5 Å². The minimum Gasteiger partial charge on any atom is -0.477 e. The summed E-state index contributed by atoms with van der Waals surface area (Å²) in [6.45, 7) is 1.23. The molecule has 0 atom stereocenters. The first kappa shape index (κ1) is 22.4. The molecule has 5 N–H and O–H groups in total. The van der Waals surface area contributed by atoms with Crippen molar-refractivity contribution in [1.82, 2.24) is 9.69 Å². The number of carboxylic acids is 1. The van der Waals surface area contributed by atoms with Crippen molar-refractivity contribution in [2.45, 2.75) is 26.4 Å². The lowest BCUT2D eigenvalue weighted by molar-refractivity contribution is 0.0693. The van der Waals surface area contributed by atoms with Crippen LogP contribution in [0.3, 0.4) is 0 Å². The van der Waals surface area contributed by atoms with Gasteiger partial charge in [-0.05, 0) is 49.5 Å². The highest BCUT2D eigenvalue weighted by atomic mass is 32.1. The Morgan fingerprint density at radius 3 is 2.66 bits per heavy atom. The van der Waals surface area contributed by atoms with E-state index in [4.69, 9.17) is 10.5 Å². The van der Waals surface area contributed by atoms with E-state index in [1.165, 1.54) is 6.92 Å². The van der Waals surface area contributed by atoms with E-state index < -0.39 is 53.1 Å². The fraction of sp³-hybridized carbons (Fsp3) is 0.353. The van der Waals surface area contributed by atoms with Crippen molar-refractivity contribution >= 4 is 28.5 Å². The number of anilines is 1. The summed E-state index contributed by atoms with van der Waals surface area (Å²) in [5.74, 6) is -5.62. The van der Waals surface area contributed by atoms with Gasteiger partial charge in [-0.1, -0.05) is 0 Å². The van der Waals surface area contributed by atoms with Gasteiger partial charge in [0.15, 0.2) is 17.2 Å². The second kappa shape index (κ2) is 10.1. The molecule has 2 rings (SSSR count). The standard InChI is InChI=1S/C17H19F3N4O4S/c1-8-6-10(18)9(13(20)12(8)19)7-28-14-11(16(25)26)15(29-24-14)23-17(27)22-5-3-2-4-21/h6H,2-5,7,21H2,1H3,(H,25,26)(H2,22,23,27). The van der Waals surface area contributed by atoms with Crippen LogP contribution in [0.15, 0.2) is 6.07 Å². The monoisotopic (exact) mass is 432 g/mol. The molecule has 0 saturated carbocycles. The van der Waals surface area contributed by atoms with Gasteiger partial charge >= 0.3 is 12.0 Å². The number of amides is 2. The third kappa shape index (κ3) is 5.57. The maximum atomic E-state index is 13.9. The minimum absolute atomic E-state index is 0.125. The molecule has 0 saturated heterocycles. The van der Waals surface area contributed by atoms with Gasteiger partial charge < -0.3 is 20.9 Å². The summed E-state index contributed by atoms with van der Waals surface area (Å²) in [6.07, 6.45) is 1.36. The maximum Gasteiger partial charge on any atom is 0.344 e. The molecule has 0 aliphatic rings. The molecule has 0 fully saturated rings. The molecule has 0 unspecified atom stereocenters. The Kier molecular flexibility index (Phi) is 7.79. The van der Waals surface area contributed by atoms with E-state index >= 15 is 0 Å². The number of carbonyl (C=O) groups is 2. The van der Waals surface area contributed by atoms with Crippen LogP contribution in [0.1, 0.15) is 34.3 Å². The second-order valence-electron chi connectivity index (χ2n) is 5.94. The summed E-state index contributed by atoms with van der Waals surface area (Å²) in [4.78, 5) is 23.4. The van der Waals surface area contributed by atoms with Crippen molar-refractivity contribution in [2.24, 2.45) is 5.73 Å². The van der Waals surface area contributed by atoms with Gasteiger partial charge in [0.25, 0.3) is 0 Å². The number of rotatable bonds is 9. The Morgan fingerprint density at radius 1 is 1.28 bits per heavy atom. The molecule has 2 amide bonds. The van der Waals surface area contributed by atoms with Gasteiger partial charge in [-0.2, -0.15) is 4.37 Å². The van der Waals surface area contributed by atoms with Crippen LogP contribution in [0, 0.1) is 24.4 Å². The molecular formula is C17H19F3N4O4S. The molecule has 1 heterocycles. The van der Waals surface area contributed by atoms with E-state index in [2.05, 4.69) is 15.0 Å². The Hall–Kier alpha value is -2.86. The van der Waals surface area contributed by atoms with Crippen LogP contribution in [0.4, 0.5) is 23.0 Å². The Labute approximate surface area is 168 Å². The smallest absolute Gasteiger partial charge is 0.344 e. The quantitative estimate of drug-likeness (QED) is 0.356. The van der Waals surface area contributed by atoms with Crippen LogP contribution in [0.5, 0.6) is 5.88 Å². The number of carbonyl (C=O) groups excluding carboxylic acids is 1. The van der Waals surface area contributed by atoms with Crippen LogP contribution < -0.4 is 21.1 Å². The van der Waals surface area contributed by atoms with Gasteiger partial charge in [-0.15, -0.1) is 0 Å². The molecule has 29 heavy (non-hydrogen) atoms. The number of unbranched alkanes of at least 4 members (excludes halogenated alkanes) is 1. The fourth-order valence-electron chi connectivity index (χ4n) is 2.29. The predicted molar refractivity (Wildman–Crippen MR) is 99.8 cm³/mol. The number of hydrogen-bond donors (Lipinski definition) is 4. The van der Waals surface area contributed by atoms with Crippen molar-refractivity contribution in [3.05, 3.63) is 40.2 Å².